The number of ether oxygens (including phenoxy) is 1. The molecule has 0 amide bonds. The fourth-order valence-electron chi connectivity index (χ4n) is 2.83. The van der Waals surface area contributed by atoms with Crippen molar-refractivity contribution in [3.8, 4) is 5.75 Å². The molecule has 0 spiro atoms. The molecule has 0 aromatic heterocycles. The van der Waals surface area contributed by atoms with Gasteiger partial charge in [-0.05, 0) is 58.1 Å². The van der Waals surface area contributed by atoms with Crippen molar-refractivity contribution in [2.45, 2.75) is 38.3 Å². The second kappa shape index (κ2) is 7.87. The van der Waals surface area contributed by atoms with Crippen LogP contribution in [0.2, 0.25) is 5.02 Å². The number of benzene rings is 1. The molecule has 20 heavy (non-hydrogen) atoms. The van der Waals surface area contributed by atoms with E-state index in [-0.39, 0.29) is 0 Å². The van der Waals surface area contributed by atoms with Crippen molar-refractivity contribution >= 4 is 11.6 Å². The van der Waals surface area contributed by atoms with E-state index in [4.69, 9.17) is 16.3 Å². The Kier molecular flexibility index (Phi) is 6.14. The van der Waals surface area contributed by atoms with Gasteiger partial charge in [-0.2, -0.15) is 0 Å². The molecule has 1 unspecified atom stereocenters. The molecule has 112 valence electrons. The maximum Gasteiger partial charge on any atom is 0.123 e. The van der Waals surface area contributed by atoms with Gasteiger partial charge in [0.1, 0.15) is 5.75 Å². The molecule has 4 heteroatoms. The van der Waals surface area contributed by atoms with E-state index in [1.807, 2.05) is 25.2 Å². The van der Waals surface area contributed by atoms with Gasteiger partial charge in [-0.1, -0.05) is 18.0 Å². The van der Waals surface area contributed by atoms with E-state index < -0.39 is 0 Å². The molecule has 3 nitrogen and oxygen atoms in total. The molecule has 1 aromatic carbocycles. The third-order valence-electron chi connectivity index (χ3n) is 4.02. The summed E-state index contributed by atoms with van der Waals surface area (Å²) in [6.07, 6.45) is 5.07. The number of hydrogen-bond acceptors (Lipinski definition) is 3. The molecule has 1 N–H and O–H groups in total. The normalized spacial score (nSPS) is 20.1. The van der Waals surface area contributed by atoms with Gasteiger partial charge >= 0.3 is 0 Å². The summed E-state index contributed by atoms with van der Waals surface area (Å²) < 4.78 is 5.97. The quantitative estimate of drug-likeness (QED) is 0.871. The largest absolute Gasteiger partial charge is 0.493 e. The van der Waals surface area contributed by atoms with Gasteiger partial charge in [0.05, 0.1) is 6.61 Å². The van der Waals surface area contributed by atoms with Crippen molar-refractivity contribution in [3.05, 3.63) is 28.8 Å². The Labute approximate surface area is 127 Å². The van der Waals surface area contributed by atoms with Gasteiger partial charge in [-0.3, -0.25) is 0 Å². The molecule has 1 fully saturated rings. The van der Waals surface area contributed by atoms with Crippen molar-refractivity contribution in [2.24, 2.45) is 0 Å². The van der Waals surface area contributed by atoms with E-state index in [2.05, 4.69) is 17.3 Å². The number of nitrogens with zero attached hydrogens (tertiary/aromatic N) is 1. The van der Waals surface area contributed by atoms with Crippen LogP contribution in [-0.4, -0.2) is 38.2 Å². The van der Waals surface area contributed by atoms with Crippen LogP contribution >= 0.6 is 11.6 Å². The summed E-state index contributed by atoms with van der Waals surface area (Å²) in [5.41, 5.74) is 1.12. The highest BCUT2D eigenvalue weighted by Crippen LogP contribution is 2.24. The molecule has 0 radical (unpaired) electrons. The summed E-state index contributed by atoms with van der Waals surface area (Å²) in [6, 6.07) is 6.51. The van der Waals surface area contributed by atoms with Crippen LogP contribution in [0.4, 0.5) is 0 Å². The van der Waals surface area contributed by atoms with Crippen LogP contribution in [0.15, 0.2) is 18.2 Å². The molecule has 1 atom stereocenters. The SMILES string of the molecule is CNCc1cc(Cl)ccc1OCCC1CCCCN1C. The molecule has 2 rings (SSSR count). The standard InChI is InChI=1S/C16H25ClN2O/c1-18-12-13-11-14(17)6-7-16(13)20-10-8-15-5-3-4-9-19(15)2/h6-7,11,15,18H,3-5,8-10,12H2,1-2H3. The molecule has 1 aliphatic heterocycles. The third kappa shape index (κ3) is 4.37. The number of piperidine rings is 1. The first-order chi connectivity index (χ1) is 9.70. The summed E-state index contributed by atoms with van der Waals surface area (Å²) in [5, 5.41) is 3.91. The van der Waals surface area contributed by atoms with E-state index in [9.17, 15) is 0 Å². The highest BCUT2D eigenvalue weighted by atomic mass is 35.5. The molecule has 1 aromatic rings. The summed E-state index contributed by atoms with van der Waals surface area (Å²) in [4.78, 5) is 2.46. The molecule has 0 aliphatic carbocycles. The first kappa shape index (κ1) is 15.6. The second-order valence-corrected chi connectivity index (χ2v) is 5.99. The molecular weight excluding hydrogens is 272 g/mol. The minimum absolute atomic E-state index is 0.670. The summed E-state index contributed by atoms with van der Waals surface area (Å²) in [6.45, 7) is 2.77. The zero-order chi connectivity index (χ0) is 14.4. The average Bonchev–Trinajstić information content (AvgIpc) is 2.43. The van der Waals surface area contributed by atoms with Crippen molar-refractivity contribution in [1.82, 2.24) is 10.2 Å². The lowest BCUT2D eigenvalue weighted by molar-refractivity contribution is 0.153. The van der Waals surface area contributed by atoms with Crippen LogP contribution in [0, 0.1) is 0 Å². The van der Waals surface area contributed by atoms with Crippen molar-refractivity contribution < 1.29 is 4.74 Å². The van der Waals surface area contributed by atoms with Gasteiger partial charge in [0.2, 0.25) is 0 Å². The number of likely N-dealkylation sites (tertiary alicyclic amines) is 1. The minimum Gasteiger partial charge on any atom is -0.493 e. The van der Waals surface area contributed by atoms with E-state index in [0.717, 1.165) is 35.9 Å². The van der Waals surface area contributed by atoms with E-state index in [0.29, 0.717) is 6.04 Å². The van der Waals surface area contributed by atoms with E-state index >= 15 is 0 Å². The number of rotatable bonds is 6. The Morgan fingerprint density at radius 3 is 3.00 bits per heavy atom. The number of halogens is 1. The van der Waals surface area contributed by atoms with Crippen LogP contribution in [0.25, 0.3) is 0 Å². The van der Waals surface area contributed by atoms with Crippen LogP contribution in [-0.2, 0) is 6.54 Å². The van der Waals surface area contributed by atoms with E-state index in [1.54, 1.807) is 0 Å². The zero-order valence-electron chi connectivity index (χ0n) is 12.5. The lowest BCUT2D eigenvalue weighted by atomic mass is 10.0. The van der Waals surface area contributed by atoms with Gasteiger partial charge in [-0.15, -0.1) is 0 Å². The fourth-order valence-corrected chi connectivity index (χ4v) is 3.03. The summed E-state index contributed by atoms with van der Waals surface area (Å²) in [7, 11) is 4.15. The molecule has 0 bridgehead atoms. The average molecular weight is 297 g/mol. The number of hydrogen-bond donors (Lipinski definition) is 1. The Bertz CT molecular complexity index is 425. The van der Waals surface area contributed by atoms with Crippen LogP contribution in [0.3, 0.4) is 0 Å². The van der Waals surface area contributed by atoms with Crippen molar-refractivity contribution in [1.29, 1.82) is 0 Å². The lowest BCUT2D eigenvalue weighted by Gasteiger charge is -2.32. The predicted molar refractivity (Wildman–Crippen MR) is 84.6 cm³/mol. The zero-order valence-corrected chi connectivity index (χ0v) is 13.2. The Hall–Kier alpha value is -0.770. The molecule has 1 aliphatic rings. The molecular formula is C16H25ClN2O. The highest BCUT2D eigenvalue weighted by Gasteiger charge is 2.18. The Morgan fingerprint density at radius 2 is 2.25 bits per heavy atom. The monoisotopic (exact) mass is 296 g/mol. The Morgan fingerprint density at radius 1 is 1.40 bits per heavy atom. The van der Waals surface area contributed by atoms with Crippen molar-refractivity contribution in [3.63, 3.8) is 0 Å². The lowest BCUT2D eigenvalue weighted by Crippen LogP contribution is -2.37. The van der Waals surface area contributed by atoms with E-state index in [1.165, 1.54) is 25.8 Å². The summed E-state index contributed by atoms with van der Waals surface area (Å²) in [5.74, 6) is 0.946. The van der Waals surface area contributed by atoms with Gasteiger partial charge in [0, 0.05) is 23.2 Å². The molecule has 1 heterocycles. The fraction of sp³-hybridized carbons (Fsp3) is 0.625. The third-order valence-corrected chi connectivity index (χ3v) is 4.26. The van der Waals surface area contributed by atoms with Gasteiger partial charge in [0.15, 0.2) is 0 Å². The smallest absolute Gasteiger partial charge is 0.123 e. The maximum atomic E-state index is 6.04. The van der Waals surface area contributed by atoms with Crippen molar-refractivity contribution in [2.75, 3.05) is 27.2 Å². The maximum absolute atomic E-state index is 6.04. The number of nitrogens with one attached hydrogen (secondary N) is 1. The van der Waals surface area contributed by atoms with Gasteiger partial charge in [0.25, 0.3) is 0 Å². The second-order valence-electron chi connectivity index (χ2n) is 5.55. The predicted octanol–water partition coefficient (Wildman–Crippen LogP) is 3.31. The van der Waals surface area contributed by atoms with Crippen LogP contribution in [0.1, 0.15) is 31.2 Å². The Balaban J connectivity index is 1.87. The first-order valence-corrected chi connectivity index (χ1v) is 7.84. The topological polar surface area (TPSA) is 24.5 Å². The van der Waals surface area contributed by atoms with Crippen LogP contribution in [0.5, 0.6) is 5.75 Å². The van der Waals surface area contributed by atoms with Gasteiger partial charge in [-0.25, -0.2) is 0 Å². The minimum atomic E-state index is 0.670. The summed E-state index contributed by atoms with van der Waals surface area (Å²) >= 11 is 6.04. The molecule has 1 saturated heterocycles. The molecule has 0 saturated carbocycles. The first-order valence-electron chi connectivity index (χ1n) is 7.47. The van der Waals surface area contributed by atoms with Crippen LogP contribution < -0.4 is 10.1 Å². The highest BCUT2D eigenvalue weighted by molar-refractivity contribution is 6.30. The van der Waals surface area contributed by atoms with Gasteiger partial charge < -0.3 is 15.0 Å².